The number of likely N-dealkylation sites (N-methyl/N-ethyl adjacent to an activating group) is 1. The molecule has 1 saturated heterocycles. The van der Waals surface area contributed by atoms with Crippen LogP contribution < -0.4 is 15.8 Å². The number of benzene rings is 1. The number of aliphatic hydroxyl groups is 2. The first kappa shape index (κ1) is 29.5. The number of aliphatic hydroxyl groups excluding tert-OH is 1. The van der Waals surface area contributed by atoms with Gasteiger partial charge in [-0.2, -0.15) is 0 Å². The second kappa shape index (κ2) is 11.0. The molecule has 224 valence electrons. The van der Waals surface area contributed by atoms with Crippen molar-refractivity contribution in [1.29, 1.82) is 0 Å². The van der Waals surface area contributed by atoms with E-state index in [4.69, 9.17) is 19.9 Å². The molecule has 2 heterocycles. The number of carbonyl (C=O) groups is 3. The zero-order valence-electron chi connectivity index (χ0n) is 24.1. The molecule has 0 saturated carbocycles. The van der Waals surface area contributed by atoms with E-state index >= 15 is 0 Å². The molecule has 5 N–H and O–H groups in total. The van der Waals surface area contributed by atoms with Gasteiger partial charge in [0.15, 0.2) is 12.2 Å². The van der Waals surface area contributed by atoms with Crippen LogP contribution in [0.15, 0.2) is 24.0 Å². The first-order valence-electron chi connectivity index (χ1n) is 14.4. The molecule has 0 aromatic heterocycles. The van der Waals surface area contributed by atoms with Gasteiger partial charge in [0.25, 0.3) is 0 Å². The van der Waals surface area contributed by atoms with Crippen LogP contribution in [0.3, 0.4) is 0 Å². The van der Waals surface area contributed by atoms with E-state index in [1.807, 2.05) is 33.0 Å². The van der Waals surface area contributed by atoms with Crippen molar-refractivity contribution in [2.75, 3.05) is 20.1 Å². The molecule has 11 nitrogen and oxygen atoms in total. The number of hydrogen-bond donors (Lipinski definition) is 4. The van der Waals surface area contributed by atoms with E-state index < -0.39 is 41.2 Å². The zero-order chi connectivity index (χ0) is 29.7. The molecule has 1 aromatic carbocycles. The van der Waals surface area contributed by atoms with E-state index in [2.05, 4.69) is 10.2 Å². The van der Waals surface area contributed by atoms with Gasteiger partial charge in [-0.1, -0.05) is 26.0 Å². The standard InChI is InChI=1S/C30H41N3O8/c1-16(2)13-20(31)27(36)32-11-8-23(35)39-17(3)28(37)40-21-7-9-30(38)22-14-18-5-6-19(15-34)25-24(18)29(30,26(21)41-25)10-12-33(22)4/h5-7,16-17,20,22,26,34,38H,8-15,31H2,1-4H3,(H,32,36)/t17-,20-,22+,26-,29-,30+/m0/s1. The molecule has 6 atom stereocenters. The van der Waals surface area contributed by atoms with E-state index in [-0.39, 0.29) is 49.6 Å². The number of esters is 2. The number of ether oxygens (including phenoxy) is 3. The summed E-state index contributed by atoms with van der Waals surface area (Å²) >= 11 is 0. The van der Waals surface area contributed by atoms with Crippen molar-refractivity contribution in [3.63, 3.8) is 0 Å². The molecule has 1 amide bonds. The number of nitrogens with two attached hydrogens (primary N) is 1. The van der Waals surface area contributed by atoms with Crippen LogP contribution in [0.2, 0.25) is 0 Å². The van der Waals surface area contributed by atoms with Gasteiger partial charge in [0.05, 0.1) is 30.1 Å². The summed E-state index contributed by atoms with van der Waals surface area (Å²) in [6, 6.07) is 3.04. The molecule has 11 heteroatoms. The van der Waals surface area contributed by atoms with Gasteiger partial charge in [0.1, 0.15) is 11.5 Å². The Balaban J connectivity index is 1.27. The maximum absolute atomic E-state index is 13.1. The molecule has 1 fully saturated rings. The Labute approximate surface area is 240 Å². The fourth-order valence-electron chi connectivity index (χ4n) is 7.17. The lowest BCUT2D eigenvalue weighted by molar-refractivity contribution is -0.175. The maximum atomic E-state index is 13.1. The summed E-state index contributed by atoms with van der Waals surface area (Å²) in [4.78, 5) is 39.7. The Morgan fingerprint density at radius 3 is 2.73 bits per heavy atom. The lowest BCUT2D eigenvalue weighted by atomic mass is 9.50. The average molecular weight is 572 g/mol. The Bertz CT molecular complexity index is 1260. The van der Waals surface area contributed by atoms with Crippen LogP contribution >= 0.6 is 0 Å². The van der Waals surface area contributed by atoms with Gasteiger partial charge >= 0.3 is 11.9 Å². The minimum absolute atomic E-state index is 0.0385. The number of likely N-dealkylation sites (tertiary alicyclic amines) is 1. The predicted molar refractivity (Wildman–Crippen MR) is 148 cm³/mol. The van der Waals surface area contributed by atoms with Gasteiger partial charge in [0, 0.05) is 30.1 Å². The SMILES string of the molecule is CC(C)C[C@H](N)C(=O)NCCC(=O)O[C@@H](C)C(=O)OC1=CC[C@@]2(O)[C@H]3Cc4ccc(CO)c5c4[C@@]2(CCN3C)[C@H]1O5. The highest BCUT2D eigenvalue weighted by Crippen LogP contribution is 2.64. The van der Waals surface area contributed by atoms with Crippen molar-refractivity contribution in [3.8, 4) is 5.75 Å². The largest absolute Gasteiger partial charge is 0.481 e. The molecule has 2 aliphatic carbocycles. The first-order valence-corrected chi connectivity index (χ1v) is 14.4. The normalized spacial score (nSPS) is 29.1. The number of amides is 1. The molecule has 5 rings (SSSR count). The third-order valence-corrected chi connectivity index (χ3v) is 9.18. The van der Waals surface area contributed by atoms with Crippen LogP contribution in [-0.2, 0) is 42.3 Å². The topological polar surface area (TPSA) is 161 Å². The van der Waals surface area contributed by atoms with Crippen molar-refractivity contribution in [2.45, 2.75) is 94.8 Å². The first-order chi connectivity index (χ1) is 19.4. The Morgan fingerprint density at radius 1 is 1.27 bits per heavy atom. The second-order valence-corrected chi connectivity index (χ2v) is 12.2. The van der Waals surface area contributed by atoms with E-state index in [1.165, 1.54) is 6.92 Å². The summed E-state index contributed by atoms with van der Waals surface area (Å²) in [5.74, 6) is -0.685. The fraction of sp³-hybridized carbons (Fsp3) is 0.633. The number of nitrogens with one attached hydrogen (secondary N) is 1. The average Bonchev–Trinajstić information content (AvgIpc) is 3.27. The molecule has 1 spiro atoms. The van der Waals surface area contributed by atoms with Gasteiger partial charge in [0.2, 0.25) is 5.91 Å². The molecule has 1 aromatic rings. The second-order valence-electron chi connectivity index (χ2n) is 12.2. The van der Waals surface area contributed by atoms with Gasteiger partial charge in [-0.05, 0) is 57.3 Å². The lowest BCUT2D eigenvalue weighted by Gasteiger charge is -2.61. The van der Waals surface area contributed by atoms with E-state index in [9.17, 15) is 24.6 Å². The Kier molecular flexibility index (Phi) is 7.92. The van der Waals surface area contributed by atoms with Crippen LogP contribution in [0, 0.1) is 5.92 Å². The molecule has 0 radical (unpaired) electrons. The lowest BCUT2D eigenvalue weighted by Crippen LogP contribution is -2.74. The summed E-state index contributed by atoms with van der Waals surface area (Å²) in [5, 5.41) is 24.9. The zero-order valence-corrected chi connectivity index (χ0v) is 24.1. The Morgan fingerprint density at radius 2 is 2.02 bits per heavy atom. The number of carbonyl (C=O) groups excluding carboxylic acids is 3. The minimum Gasteiger partial charge on any atom is -0.481 e. The predicted octanol–water partition coefficient (Wildman–Crippen LogP) is 0.811. The highest BCUT2D eigenvalue weighted by molar-refractivity contribution is 5.83. The van der Waals surface area contributed by atoms with Crippen LogP contribution in [0.1, 0.15) is 63.1 Å². The van der Waals surface area contributed by atoms with Crippen molar-refractivity contribution in [1.82, 2.24) is 10.2 Å². The monoisotopic (exact) mass is 571 g/mol. The number of piperidine rings is 1. The Hall–Kier alpha value is -2.99. The van der Waals surface area contributed by atoms with E-state index in [0.29, 0.717) is 30.6 Å². The highest BCUT2D eigenvalue weighted by atomic mass is 16.6. The van der Waals surface area contributed by atoms with Crippen molar-refractivity contribution in [3.05, 3.63) is 40.7 Å². The molecule has 41 heavy (non-hydrogen) atoms. The quantitative estimate of drug-likeness (QED) is 0.296. The van der Waals surface area contributed by atoms with Crippen molar-refractivity contribution in [2.24, 2.45) is 11.7 Å². The van der Waals surface area contributed by atoms with Gasteiger partial charge in [-0.3, -0.25) is 9.59 Å². The molecular weight excluding hydrogens is 530 g/mol. The third-order valence-electron chi connectivity index (χ3n) is 9.18. The molecule has 0 unspecified atom stereocenters. The van der Waals surface area contributed by atoms with Gasteiger partial charge in [-0.25, -0.2) is 4.79 Å². The van der Waals surface area contributed by atoms with E-state index in [1.54, 1.807) is 6.08 Å². The van der Waals surface area contributed by atoms with Crippen LogP contribution in [-0.4, -0.2) is 83.0 Å². The fourth-order valence-corrected chi connectivity index (χ4v) is 7.17. The van der Waals surface area contributed by atoms with Crippen molar-refractivity contribution < 1.29 is 38.8 Å². The number of nitrogens with zero attached hydrogens (tertiary/aromatic N) is 1. The third kappa shape index (κ3) is 4.82. The summed E-state index contributed by atoms with van der Waals surface area (Å²) in [6.07, 6.45) is 1.64. The van der Waals surface area contributed by atoms with Crippen molar-refractivity contribution >= 4 is 17.8 Å². The summed E-state index contributed by atoms with van der Waals surface area (Å²) < 4.78 is 17.5. The number of hydrogen-bond acceptors (Lipinski definition) is 10. The summed E-state index contributed by atoms with van der Waals surface area (Å²) in [7, 11) is 2.01. The van der Waals surface area contributed by atoms with E-state index in [0.717, 1.165) is 17.7 Å². The van der Waals surface area contributed by atoms with Crippen LogP contribution in [0.25, 0.3) is 0 Å². The van der Waals surface area contributed by atoms with Crippen LogP contribution in [0.5, 0.6) is 5.75 Å². The summed E-state index contributed by atoms with van der Waals surface area (Å²) in [6.45, 7) is 5.90. The smallest absolute Gasteiger partial charge is 0.352 e. The molecular formula is C30H41N3O8. The molecule has 2 bridgehead atoms. The molecule has 4 aliphatic rings. The highest BCUT2D eigenvalue weighted by Gasteiger charge is 2.71. The maximum Gasteiger partial charge on any atom is 0.352 e. The van der Waals surface area contributed by atoms with Gasteiger partial charge in [-0.15, -0.1) is 0 Å². The van der Waals surface area contributed by atoms with Gasteiger partial charge < -0.3 is 40.4 Å². The number of rotatable bonds is 10. The molecule has 2 aliphatic heterocycles. The van der Waals surface area contributed by atoms with Crippen LogP contribution in [0.4, 0.5) is 0 Å². The minimum atomic E-state index is -1.20. The summed E-state index contributed by atoms with van der Waals surface area (Å²) in [5.41, 5.74) is 6.46.